The molecule has 1 aromatic heterocycles. The van der Waals surface area contributed by atoms with Crippen molar-refractivity contribution in [3.05, 3.63) is 36.1 Å². The van der Waals surface area contributed by atoms with E-state index in [0.29, 0.717) is 0 Å². The lowest BCUT2D eigenvalue weighted by molar-refractivity contribution is 0.0669. The summed E-state index contributed by atoms with van der Waals surface area (Å²) in [5.41, 5.74) is 2.16. The van der Waals surface area contributed by atoms with E-state index in [-0.39, 0.29) is 6.10 Å². The second-order valence-electron chi connectivity index (χ2n) is 4.79. The van der Waals surface area contributed by atoms with Crippen LogP contribution in [0.25, 0.3) is 11.0 Å². The first-order chi connectivity index (χ1) is 8.33. The Morgan fingerprint density at radius 2 is 2.24 bits per heavy atom. The van der Waals surface area contributed by atoms with Gasteiger partial charge in [0.2, 0.25) is 0 Å². The van der Waals surface area contributed by atoms with Crippen LogP contribution in [0.3, 0.4) is 0 Å². The van der Waals surface area contributed by atoms with Crippen LogP contribution in [0.1, 0.15) is 18.4 Å². The smallest absolute Gasteiger partial charge is 0.134 e. The predicted octanol–water partition coefficient (Wildman–Crippen LogP) is 2.39. The molecule has 1 fully saturated rings. The van der Waals surface area contributed by atoms with Crippen molar-refractivity contribution in [3.8, 4) is 0 Å². The SMILES string of the molecule is OC1CCCN(Cc2coc3ccccc23)C1. The molecule has 0 bridgehead atoms. The number of rotatable bonds is 2. The molecule has 1 aromatic carbocycles. The molecule has 2 aromatic rings. The third-order valence-corrected chi connectivity index (χ3v) is 3.44. The van der Waals surface area contributed by atoms with Crippen molar-refractivity contribution in [2.24, 2.45) is 0 Å². The van der Waals surface area contributed by atoms with E-state index in [1.165, 1.54) is 10.9 Å². The number of fused-ring (bicyclic) bond motifs is 1. The van der Waals surface area contributed by atoms with E-state index in [9.17, 15) is 5.11 Å². The molecule has 1 saturated heterocycles. The third-order valence-electron chi connectivity index (χ3n) is 3.44. The van der Waals surface area contributed by atoms with E-state index in [4.69, 9.17) is 4.42 Å². The number of furan rings is 1. The number of β-amino-alcohol motifs (C(OH)–C–C–N with tert-alkyl or cyclic N) is 1. The molecule has 1 aliphatic rings. The van der Waals surface area contributed by atoms with Gasteiger partial charge in [-0.05, 0) is 25.5 Å². The maximum atomic E-state index is 9.66. The molecule has 1 N–H and O–H groups in total. The molecule has 2 heterocycles. The Morgan fingerprint density at radius 1 is 1.35 bits per heavy atom. The average Bonchev–Trinajstić information content (AvgIpc) is 2.73. The number of piperidine rings is 1. The number of para-hydroxylation sites is 1. The van der Waals surface area contributed by atoms with Crippen molar-refractivity contribution in [1.29, 1.82) is 0 Å². The van der Waals surface area contributed by atoms with E-state index < -0.39 is 0 Å². The van der Waals surface area contributed by atoms with Crippen LogP contribution in [0.15, 0.2) is 34.9 Å². The van der Waals surface area contributed by atoms with Crippen molar-refractivity contribution in [3.63, 3.8) is 0 Å². The minimum absolute atomic E-state index is 0.165. The maximum Gasteiger partial charge on any atom is 0.134 e. The highest BCUT2D eigenvalue weighted by Gasteiger charge is 2.18. The Balaban J connectivity index is 1.80. The van der Waals surface area contributed by atoms with Crippen LogP contribution in [0.4, 0.5) is 0 Å². The molecule has 0 amide bonds. The number of nitrogens with zero attached hydrogens (tertiary/aromatic N) is 1. The van der Waals surface area contributed by atoms with Gasteiger partial charge in [0.05, 0.1) is 12.4 Å². The van der Waals surface area contributed by atoms with Crippen LogP contribution in [0, 0.1) is 0 Å². The van der Waals surface area contributed by atoms with E-state index in [2.05, 4.69) is 11.0 Å². The van der Waals surface area contributed by atoms with Crippen LogP contribution in [0.2, 0.25) is 0 Å². The molecule has 1 unspecified atom stereocenters. The molecule has 1 atom stereocenters. The summed E-state index contributed by atoms with van der Waals surface area (Å²) in [4.78, 5) is 2.30. The summed E-state index contributed by atoms with van der Waals surface area (Å²) in [6.07, 6.45) is 3.69. The molecule has 3 rings (SSSR count). The molecule has 0 saturated carbocycles. The van der Waals surface area contributed by atoms with Gasteiger partial charge in [0.15, 0.2) is 0 Å². The minimum Gasteiger partial charge on any atom is -0.464 e. The standard InChI is InChI=1S/C14H17NO2/c16-12-4-3-7-15(9-12)8-11-10-17-14-6-2-1-5-13(11)14/h1-2,5-6,10,12,16H,3-4,7-9H2. The van der Waals surface area contributed by atoms with E-state index in [1.807, 2.05) is 24.5 Å². The lowest BCUT2D eigenvalue weighted by Gasteiger charge is -2.29. The van der Waals surface area contributed by atoms with Crippen LogP contribution >= 0.6 is 0 Å². The fourth-order valence-electron chi connectivity index (χ4n) is 2.57. The molecular weight excluding hydrogens is 214 g/mol. The zero-order chi connectivity index (χ0) is 11.7. The van der Waals surface area contributed by atoms with Crippen LogP contribution in [0.5, 0.6) is 0 Å². The lowest BCUT2D eigenvalue weighted by Crippen LogP contribution is -2.37. The molecule has 3 nitrogen and oxygen atoms in total. The van der Waals surface area contributed by atoms with Gasteiger partial charge in [0.1, 0.15) is 5.58 Å². The molecule has 17 heavy (non-hydrogen) atoms. The molecule has 0 aliphatic carbocycles. The highest BCUT2D eigenvalue weighted by Crippen LogP contribution is 2.23. The number of aliphatic hydroxyl groups is 1. The summed E-state index contributed by atoms with van der Waals surface area (Å²) in [5.74, 6) is 0. The summed E-state index contributed by atoms with van der Waals surface area (Å²) >= 11 is 0. The number of likely N-dealkylation sites (tertiary alicyclic amines) is 1. The monoisotopic (exact) mass is 231 g/mol. The van der Waals surface area contributed by atoms with Gasteiger partial charge in [0, 0.05) is 24.0 Å². The largest absolute Gasteiger partial charge is 0.464 e. The van der Waals surface area contributed by atoms with Crippen LogP contribution < -0.4 is 0 Å². The third kappa shape index (κ3) is 2.21. The Hall–Kier alpha value is -1.32. The second kappa shape index (κ2) is 4.51. The number of hydrogen-bond acceptors (Lipinski definition) is 3. The lowest BCUT2D eigenvalue weighted by atomic mass is 10.1. The second-order valence-corrected chi connectivity index (χ2v) is 4.79. The van der Waals surface area contributed by atoms with Gasteiger partial charge < -0.3 is 9.52 Å². The molecule has 3 heteroatoms. The highest BCUT2D eigenvalue weighted by atomic mass is 16.3. The van der Waals surface area contributed by atoms with E-state index in [1.54, 1.807) is 0 Å². The fourth-order valence-corrected chi connectivity index (χ4v) is 2.57. The molecule has 1 aliphatic heterocycles. The summed E-state index contributed by atoms with van der Waals surface area (Å²) in [6.45, 7) is 2.71. The van der Waals surface area contributed by atoms with Gasteiger partial charge in [-0.1, -0.05) is 18.2 Å². The number of benzene rings is 1. The first kappa shape index (κ1) is 10.8. The zero-order valence-corrected chi connectivity index (χ0v) is 9.80. The fraction of sp³-hybridized carbons (Fsp3) is 0.429. The van der Waals surface area contributed by atoms with Crippen molar-refractivity contribution >= 4 is 11.0 Å². The van der Waals surface area contributed by atoms with Gasteiger partial charge in [-0.3, -0.25) is 4.90 Å². The average molecular weight is 231 g/mol. The normalized spacial score (nSPS) is 22.1. The van der Waals surface area contributed by atoms with Crippen molar-refractivity contribution in [1.82, 2.24) is 4.90 Å². The molecule has 90 valence electrons. The van der Waals surface area contributed by atoms with Crippen molar-refractivity contribution in [2.45, 2.75) is 25.5 Å². The van der Waals surface area contributed by atoms with Gasteiger partial charge in [-0.15, -0.1) is 0 Å². The first-order valence-corrected chi connectivity index (χ1v) is 6.18. The minimum atomic E-state index is -0.165. The van der Waals surface area contributed by atoms with E-state index in [0.717, 1.165) is 38.1 Å². The van der Waals surface area contributed by atoms with Gasteiger partial charge >= 0.3 is 0 Å². The Labute approximate surface area is 101 Å². The topological polar surface area (TPSA) is 36.6 Å². The Morgan fingerprint density at radius 3 is 3.12 bits per heavy atom. The van der Waals surface area contributed by atoms with Crippen molar-refractivity contribution < 1.29 is 9.52 Å². The quantitative estimate of drug-likeness (QED) is 0.862. The summed E-state index contributed by atoms with van der Waals surface area (Å²) in [5, 5.41) is 10.8. The summed E-state index contributed by atoms with van der Waals surface area (Å²) < 4.78 is 5.53. The summed E-state index contributed by atoms with van der Waals surface area (Å²) in [7, 11) is 0. The van der Waals surface area contributed by atoms with E-state index >= 15 is 0 Å². The van der Waals surface area contributed by atoms with Crippen molar-refractivity contribution in [2.75, 3.05) is 13.1 Å². The Bertz CT molecular complexity index is 506. The molecule has 0 spiro atoms. The Kier molecular flexibility index (Phi) is 2.87. The van der Waals surface area contributed by atoms with Gasteiger partial charge in [0.25, 0.3) is 0 Å². The highest BCUT2D eigenvalue weighted by molar-refractivity contribution is 5.80. The number of hydrogen-bond donors (Lipinski definition) is 1. The first-order valence-electron chi connectivity index (χ1n) is 6.18. The van der Waals surface area contributed by atoms with Crippen LogP contribution in [-0.4, -0.2) is 29.2 Å². The van der Waals surface area contributed by atoms with Crippen LogP contribution in [-0.2, 0) is 6.54 Å². The zero-order valence-electron chi connectivity index (χ0n) is 9.80. The molecular formula is C14H17NO2. The van der Waals surface area contributed by atoms with Gasteiger partial charge in [-0.25, -0.2) is 0 Å². The van der Waals surface area contributed by atoms with Gasteiger partial charge in [-0.2, -0.15) is 0 Å². The molecule has 0 radical (unpaired) electrons. The number of aliphatic hydroxyl groups excluding tert-OH is 1. The maximum absolute atomic E-state index is 9.66. The summed E-state index contributed by atoms with van der Waals surface area (Å²) in [6, 6.07) is 8.10. The predicted molar refractivity (Wildman–Crippen MR) is 66.7 cm³/mol.